The molecule has 23 heavy (non-hydrogen) atoms. The summed E-state index contributed by atoms with van der Waals surface area (Å²) in [6, 6.07) is 6.41. The van der Waals surface area contributed by atoms with Crippen LogP contribution in [0, 0.1) is 10.1 Å². The number of amides is 1. The molecule has 2 N–H and O–H groups in total. The van der Waals surface area contributed by atoms with Gasteiger partial charge >= 0.3 is 0 Å². The van der Waals surface area contributed by atoms with Crippen LogP contribution in [-0.2, 0) is 0 Å². The third-order valence-electron chi connectivity index (χ3n) is 2.92. The molecule has 0 saturated heterocycles. The van der Waals surface area contributed by atoms with Crippen molar-refractivity contribution in [2.45, 2.75) is 0 Å². The number of halogens is 2. The Hall–Kier alpha value is -2.51. The van der Waals surface area contributed by atoms with Crippen LogP contribution in [0.15, 0.2) is 30.3 Å². The highest BCUT2D eigenvalue weighted by atomic mass is 35.5. The smallest absolute Gasteiger partial charge is 0.296 e. The first-order valence-corrected chi connectivity index (χ1v) is 6.91. The number of hydrogen-bond donors (Lipinski definition) is 2. The molecule has 0 unspecified atom stereocenters. The van der Waals surface area contributed by atoms with Crippen molar-refractivity contribution in [3.63, 3.8) is 0 Å². The van der Waals surface area contributed by atoms with E-state index in [0.717, 1.165) is 0 Å². The molecule has 0 aliphatic carbocycles. The van der Waals surface area contributed by atoms with Gasteiger partial charge in [-0.3, -0.25) is 14.9 Å². The lowest BCUT2D eigenvalue weighted by atomic mass is 10.1. The SMILES string of the molecule is COc1ccc(NC(=O)c2cc(Cl)cc(Cl)c2O)c([N+](=O)[O-])c1. The Morgan fingerprint density at radius 3 is 2.61 bits per heavy atom. The fourth-order valence-corrected chi connectivity index (χ4v) is 2.32. The molecule has 7 nitrogen and oxygen atoms in total. The van der Waals surface area contributed by atoms with Crippen LogP contribution in [0.1, 0.15) is 10.4 Å². The van der Waals surface area contributed by atoms with Crippen molar-refractivity contribution >= 4 is 40.5 Å². The first-order chi connectivity index (χ1) is 10.8. The molecule has 0 bridgehead atoms. The van der Waals surface area contributed by atoms with E-state index >= 15 is 0 Å². The number of nitro groups is 1. The lowest BCUT2D eigenvalue weighted by Gasteiger charge is -2.09. The Morgan fingerprint density at radius 1 is 1.30 bits per heavy atom. The van der Waals surface area contributed by atoms with E-state index in [4.69, 9.17) is 27.9 Å². The van der Waals surface area contributed by atoms with Gasteiger partial charge in [0.25, 0.3) is 11.6 Å². The number of phenols is 1. The van der Waals surface area contributed by atoms with E-state index in [1.807, 2.05) is 0 Å². The minimum atomic E-state index is -0.792. The van der Waals surface area contributed by atoms with Crippen molar-refractivity contribution in [1.82, 2.24) is 0 Å². The second-order valence-electron chi connectivity index (χ2n) is 4.38. The molecule has 0 aliphatic rings. The van der Waals surface area contributed by atoms with Crippen LogP contribution in [-0.4, -0.2) is 23.0 Å². The molecule has 0 radical (unpaired) electrons. The van der Waals surface area contributed by atoms with Gasteiger partial charge in [0.1, 0.15) is 17.2 Å². The van der Waals surface area contributed by atoms with Crippen LogP contribution in [0.25, 0.3) is 0 Å². The van der Waals surface area contributed by atoms with Gasteiger partial charge in [0.15, 0.2) is 0 Å². The van der Waals surface area contributed by atoms with Crippen molar-refractivity contribution in [3.8, 4) is 11.5 Å². The second-order valence-corrected chi connectivity index (χ2v) is 5.22. The highest BCUT2D eigenvalue weighted by Gasteiger charge is 2.21. The summed E-state index contributed by atoms with van der Waals surface area (Å²) < 4.78 is 4.91. The number of hydrogen-bond acceptors (Lipinski definition) is 5. The number of anilines is 1. The molecule has 2 aromatic carbocycles. The zero-order valence-electron chi connectivity index (χ0n) is 11.7. The van der Waals surface area contributed by atoms with E-state index in [9.17, 15) is 20.0 Å². The van der Waals surface area contributed by atoms with E-state index in [2.05, 4.69) is 5.32 Å². The standard InChI is InChI=1S/C14H10Cl2N2O5/c1-23-8-2-3-11(12(6-8)18(21)22)17-14(20)9-4-7(15)5-10(16)13(9)19/h2-6,19H,1H3,(H,17,20). The number of ether oxygens (including phenoxy) is 1. The zero-order chi connectivity index (χ0) is 17.1. The Morgan fingerprint density at radius 2 is 2.00 bits per heavy atom. The van der Waals surface area contributed by atoms with Crippen molar-refractivity contribution in [1.29, 1.82) is 0 Å². The van der Waals surface area contributed by atoms with Crippen molar-refractivity contribution < 1.29 is 19.6 Å². The summed E-state index contributed by atoms with van der Waals surface area (Å²) in [5.41, 5.74) is -0.616. The summed E-state index contributed by atoms with van der Waals surface area (Å²) in [7, 11) is 1.36. The topological polar surface area (TPSA) is 102 Å². The summed E-state index contributed by atoms with van der Waals surface area (Å²) in [4.78, 5) is 22.7. The number of carbonyl (C=O) groups is 1. The summed E-state index contributed by atoms with van der Waals surface area (Å²) in [6.07, 6.45) is 0. The summed E-state index contributed by atoms with van der Waals surface area (Å²) in [5.74, 6) is -0.992. The van der Waals surface area contributed by atoms with Crippen LogP contribution in [0.3, 0.4) is 0 Å². The van der Waals surface area contributed by atoms with Crippen molar-refractivity contribution in [2.75, 3.05) is 12.4 Å². The fourth-order valence-electron chi connectivity index (χ4n) is 1.82. The third-order valence-corrected chi connectivity index (χ3v) is 3.43. The number of nitrogens with zero attached hydrogens (tertiary/aromatic N) is 1. The highest BCUT2D eigenvalue weighted by Crippen LogP contribution is 2.33. The molecule has 0 spiro atoms. The molecule has 120 valence electrons. The molecule has 2 aromatic rings. The van der Waals surface area contributed by atoms with Crippen molar-refractivity contribution in [2.24, 2.45) is 0 Å². The second kappa shape index (κ2) is 6.72. The Kier molecular flexibility index (Phi) is 4.92. The van der Waals surface area contributed by atoms with E-state index < -0.39 is 16.6 Å². The molecule has 2 rings (SSSR count). The quantitative estimate of drug-likeness (QED) is 0.639. The van der Waals surface area contributed by atoms with Crippen LogP contribution < -0.4 is 10.1 Å². The van der Waals surface area contributed by atoms with Gasteiger partial charge in [0.2, 0.25) is 0 Å². The van der Waals surface area contributed by atoms with E-state index in [1.54, 1.807) is 0 Å². The molecule has 0 fully saturated rings. The van der Waals surface area contributed by atoms with Crippen LogP contribution in [0.5, 0.6) is 11.5 Å². The normalized spacial score (nSPS) is 10.2. The molecule has 0 aromatic heterocycles. The summed E-state index contributed by atoms with van der Waals surface area (Å²) in [6.45, 7) is 0. The molecule has 0 saturated carbocycles. The number of benzene rings is 2. The number of nitro benzene ring substituents is 1. The van der Waals surface area contributed by atoms with Crippen LogP contribution in [0.4, 0.5) is 11.4 Å². The third kappa shape index (κ3) is 3.64. The minimum absolute atomic E-state index is 0.0590. The molecular weight excluding hydrogens is 347 g/mol. The Labute approximate surface area is 140 Å². The highest BCUT2D eigenvalue weighted by molar-refractivity contribution is 6.36. The van der Waals surface area contributed by atoms with Gasteiger partial charge in [-0.05, 0) is 24.3 Å². The molecule has 1 amide bonds. The maximum Gasteiger partial charge on any atom is 0.296 e. The largest absolute Gasteiger partial charge is 0.506 e. The van der Waals surface area contributed by atoms with Gasteiger partial charge in [-0.1, -0.05) is 23.2 Å². The molecule has 0 atom stereocenters. The molecule has 9 heteroatoms. The van der Waals surface area contributed by atoms with Crippen molar-refractivity contribution in [3.05, 3.63) is 56.1 Å². The Bertz CT molecular complexity index is 795. The predicted octanol–water partition coefficient (Wildman–Crippen LogP) is 3.87. The minimum Gasteiger partial charge on any atom is -0.506 e. The van der Waals surface area contributed by atoms with Crippen LogP contribution >= 0.6 is 23.2 Å². The first-order valence-electron chi connectivity index (χ1n) is 6.15. The first kappa shape index (κ1) is 16.9. The maximum atomic E-state index is 12.2. The monoisotopic (exact) mass is 356 g/mol. The molecule has 0 heterocycles. The maximum absolute atomic E-state index is 12.2. The molecular formula is C14H10Cl2N2O5. The fraction of sp³-hybridized carbons (Fsp3) is 0.0714. The van der Waals surface area contributed by atoms with Crippen LogP contribution in [0.2, 0.25) is 10.0 Å². The Balaban J connectivity index is 2.40. The summed E-state index contributed by atoms with van der Waals surface area (Å²) in [5, 5.41) is 23.3. The lowest BCUT2D eigenvalue weighted by molar-refractivity contribution is -0.384. The van der Waals surface area contributed by atoms with Gasteiger partial charge < -0.3 is 15.2 Å². The number of nitrogens with one attached hydrogen (secondary N) is 1. The average Bonchev–Trinajstić information content (AvgIpc) is 2.50. The number of aromatic hydroxyl groups is 1. The summed E-state index contributed by atoms with van der Waals surface area (Å²) >= 11 is 11.5. The van der Waals surface area contributed by atoms with E-state index in [-0.39, 0.29) is 32.7 Å². The van der Waals surface area contributed by atoms with Gasteiger partial charge in [0, 0.05) is 5.02 Å². The number of phenolic OH excluding ortho intramolecular Hbond substituents is 1. The van der Waals surface area contributed by atoms with Gasteiger partial charge in [-0.2, -0.15) is 0 Å². The number of carbonyl (C=O) groups excluding carboxylic acids is 1. The van der Waals surface area contributed by atoms with Gasteiger partial charge in [-0.15, -0.1) is 0 Å². The molecule has 0 aliphatic heterocycles. The van der Waals surface area contributed by atoms with E-state index in [0.29, 0.717) is 0 Å². The van der Waals surface area contributed by atoms with Gasteiger partial charge in [0.05, 0.1) is 28.7 Å². The zero-order valence-corrected chi connectivity index (χ0v) is 13.2. The average molecular weight is 357 g/mol. The number of rotatable bonds is 4. The number of methoxy groups -OCH3 is 1. The lowest BCUT2D eigenvalue weighted by Crippen LogP contribution is -2.13. The van der Waals surface area contributed by atoms with E-state index in [1.165, 1.54) is 37.4 Å². The predicted molar refractivity (Wildman–Crippen MR) is 85.7 cm³/mol. The van der Waals surface area contributed by atoms with Gasteiger partial charge in [-0.25, -0.2) is 0 Å².